The van der Waals surface area contributed by atoms with Gasteiger partial charge in [0.15, 0.2) is 0 Å². The summed E-state index contributed by atoms with van der Waals surface area (Å²) in [6.45, 7) is 1.69. The molecule has 3 aromatic rings. The van der Waals surface area contributed by atoms with Crippen LogP contribution in [0.2, 0.25) is 5.02 Å². The van der Waals surface area contributed by atoms with Crippen LogP contribution in [0.5, 0.6) is 0 Å². The highest BCUT2D eigenvalue weighted by atomic mass is 35.5. The van der Waals surface area contributed by atoms with Crippen molar-refractivity contribution in [2.45, 2.75) is 12.5 Å². The largest absolute Gasteiger partial charge is 0.360 e. The molecule has 1 aliphatic heterocycles. The van der Waals surface area contributed by atoms with Gasteiger partial charge in [0.25, 0.3) is 0 Å². The average Bonchev–Trinajstić information content (AvgIpc) is 3.29. The molecule has 1 aliphatic rings. The molecule has 0 bridgehead atoms. The highest BCUT2D eigenvalue weighted by Gasteiger charge is 2.25. The first-order valence-corrected chi connectivity index (χ1v) is 8.11. The molecule has 4 rings (SSSR count). The van der Waals surface area contributed by atoms with Gasteiger partial charge in [-0.15, -0.1) is 0 Å². The molecular formula is C16H16ClN7. The van der Waals surface area contributed by atoms with Crippen molar-refractivity contribution in [3.8, 4) is 11.4 Å². The van der Waals surface area contributed by atoms with Crippen LogP contribution < -0.4 is 10.2 Å². The zero-order valence-electron chi connectivity index (χ0n) is 12.9. The first-order chi connectivity index (χ1) is 11.8. The maximum absolute atomic E-state index is 5.81. The van der Waals surface area contributed by atoms with E-state index in [0.29, 0.717) is 11.0 Å². The Balaban J connectivity index is 1.45. The number of hydrogen-bond acceptors (Lipinski definition) is 6. The molecule has 122 valence electrons. The molecule has 8 heteroatoms. The maximum atomic E-state index is 5.81. The first-order valence-electron chi connectivity index (χ1n) is 7.74. The SMILES string of the molecule is Clc1cnc(NC2CCN(c3nccc(-c4ccc[nH]4)n3)C2)nc1. The Kier molecular flexibility index (Phi) is 4.00. The molecule has 0 saturated carbocycles. The topological polar surface area (TPSA) is 82.6 Å². The summed E-state index contributed by atoms with van der Waals surface area (Å²) in [5.41, 5.74) is 1.88. The summed E-state index contributed by atoms with van der Waals surface area (Å²) in [4.78, 5) is 22.8. The van der Waals surface area contributed by atoms with Crippen molar-refractivity contribution < 1.29 is 0 Å². The lowest BCUT2D eigenvalue weighted by atomic mass is 10.3. The van der Waals surface area contributed by atoms with E-state index in [4.69, 9.17) is 11.6 Å². The normalized spacial score (nSPS) is 17.2. The molecule has 1 saturated heterocycles. The van der Waals surface area contributed by atoms with Crippen LogP contribution in [-0.2, 0) is 0 Å². The first kappa shape index (κ1) is 14.9. The van der Waals surface area contributed by atoms with Crippen LogP contribution in [0.1, 0.15) is 6.42 Å². The summed E-state index contributed by atoms with van der Waals surface area (Å²) >= 11 is 5.81. The second-order valence-corrected chi connectivity index (χ2v) is 6.06. The van der Waals surface area contributed by atoms with Gasteiger partial charge in [0.2, 0.25) is 11.9 Å². The van der Waals surface area contributed by atoms with Gasteiger partial charge in [0.05, 0.1) is 28.8 Å². The molecule has 3 aromatic heterocycles. The predicted octanol–water partition coefficient (Wildman–Crippen LogP) is 2.61. The van der Waals surface area contributed by atoms with E-state index in [1.807, 2.05) is 24.4 Å². The second kappa shape index (κ2) is 6.45. The third-order valence-electron chi connectivity index (χ3n) is 3.94. The minimum absolute atomic E-state index is 0.254. The third kappa shape index (κ3) is 3.16. The minimum Gasteiger partial charge on any atom is -0.360 e. The monoisotopic (exact) mass is 341 g/mol. The molecule has 0 aromatic carbocycles. The van der Waals surface area contributed by atoms with Crippen LogP contribution >= 0.6 is 11.6 Å². The number of rotatable bonds is 4. The number of H-pyrrole nitrogens is 1. The molecular weight excluding hydrogens is 326 g/mol. The zero-order chi connectivity index (χ0) is 16.4. The van der Waals surface area contributed by atoms with Crippen molar-refractivity contribution in [2.75, 3.05) is 23.3 Å². The van der Waals surface area contributed by atoms with Crippen molar-refractivity contribution in [1.29, 1.82) is 0 Å². The van der Waals surface area contributed by atoms with E-state index in [0.717, 1.165) is 36.8 Å². The van der Waals surface area contributed by atoms with Crippen molar-refractivity contribution in [1.82, 2.24) is 24.9 Å². The molecule has 0 spiro atoms. The summed E-state index contributed by atoms with van der Waals surface area (Å²) < 4.78 is 0. The lowest BCUT2D eigenvalue weighted by Crippen LogP contribution is -2.27. The van der Waals surface area contributed by atoms with Gasteiger partial charge in [0.1, 0.15) is 0 Å². The second-order valence-electron chi connectivity index (χ2n) is 5.63. The Morgan fingerprint density at radius 3 is 2.88 bits per heavy atom. The van der Waals surface area contributed by atoms with Crippen LogP contribution in [0.4, 0.5) is 11.9 Å². The summed E-state index contributed by atoms with van der Waals surface area (Å²) in [5, 5.41) is 3.86. The standard InChI is InChI=1S/C16H16ClN7/c17-11-8-20-15(21-9-11)22-12-4-7-24(10-12)16-19-6-3-14(23-16)13-2-1-5-18-13/h1-3,5-6,8-9,12,18H,4,7,10H2,(H,20,21,22). The lowest BCUT2D eigenvalue weighted by molar-refractivity contribution is 0.790. The molecule has 2 N–H and O–H groups in total. The van der Waals surface area contributed by atoms with Crippen LogP contribution in [0.15, 0.2) is 43.0 Å². The molecule has 1 atom stereocenters. The van der Waals surface area contributed by atoms with E-state index in [1.165, 1.54) is 0 Å². The highest BCUT2D eigenvalue weighted by Crippen LogP contribution is 2.21. The Morgan fingerprint density at radius 1 is 1.21 bits per heavy atom. The van der Waals surface area contributed by atoms with E-state index in [1.54, 1.807) is 18.6 Å². The zero-order valence-corrected chi connectivity index (χ0v) is 13.6. The number of hydrogen-bond donors (Lipinski definition) is 2. The number of nitrogens with zero attached hydrogens (tertiary/aromatic N) is 5. The fourth-order valence-electron chi connectivity index (χ4n) is 2.77. The molecule has 1 fully saturated rings. The van der Waals surface area contributed by atoms with Crippen LogP contribution in [0, 0.1) is 0 Å². The molecule has 4 heterocycles. The fraction of sp³-hybridized carbons (Fsp3) is 0.250. The van der Waals surface area contributed by atoms with E-state index < -0.39 is 0 Å². The number of anilines is 2. The fourth-order valence-corrected chi connectivity index (χ4v) is 2.87. The quantitative estimate of drug-likeness (QED) is 0.759. The number of nitrogens with one attached hydrogen (secondary N) is 2. The number of aromatic nitrogens is 5. The lowest BCUT2D eigenvalue weighted by Gasteiger charge is -2.17. The molecule has 0 amide bonds. The van der Waals surface area contributed by atoms with Crippen LogP contribution in [0.3, 0.4) is 0 Å². The van der Waals surface area contributed by atoms with E-state index in [2.05, 4.69) is 35.1 Å². The molecule has 1 unspecified atom stereocenters. The van der Waals surface area contributed by atoms with Gasteiger partial charge in [-0.2, -0.15) is 0 Å². The number of halogens is 1. The van der Waals surface area contributed by atoms with Crippen molar-refractivity contribution in [3.05, 3.63) is 48.0 Å². The number of aromatic amines is 1. The molecule has 24 heavy (non-hydrogen) atoms. The Bertz CT molecular complexity index is 804. The Morgan fingerprint density at radius 2 is 2.08 bits per heavy atom. The van der Waals surface area contributed by atoms with E-state index >= 15 is 0 Å². The molecule has 0 aliphatic carbocycles. The smallest absolute Gasteiger partial charge is 0.225 e. The van der Waals surface area contributed by atoms with Crippen LogP contribution in [-0.4, -0.2) is 44.1 Å². The Labute approximate surface area is 144 Å². The van der Waals surface area contributed by atoms with Gasteiger partial charge in [-0.1, -0.05) is 11.6 Å². The highest BCUT2D eigenvalue weighted by molar-refractivity contribution is 6.30. The van der Waals surface area contributed by atoms with Gasteiger partial charge in [-0.25, -0.2) is 19.9 Å². The van der Waals surface area contributed by atoms with E-state index in [9.17, 15) is 0 Å². The summed E-state index contributed by atoms with van der Waals surface area (Å²) in [6.07, 6.45) is 7.84. The third-order valence-corrected chi connectivity index (χ3v) is 4.14. The summed E-state index contributed by atoms with van der Waals surface area (Å²) in [5.74, 6) is 1.33. The maximum Gasteiger partial charge on any atom is 0.225 e. The summed E-state index contributed by atoms with van der Waals surface area (Å²) in [6, 6.07) is 6.11. The van der Waals surface area contributed by atoms with Gasteiger partial charge >= 0.3 is 0 Å². The molecule has 7 nitrogen and oxygen atoms in total. The van der Waals surface area contributed by atoms with Crippen molar-refractivity contribution in [3.63, 3.8) is 0 Å². The van der Waals surface area contributed by atoms with Gasteiger partial charge < -0.3 is 15.2 Å². The van der Waals surface area contributed by atoms with Crippen molar-refractivity contribution >= 4 is 23.5 Å². The van der Waals surface area contributed by atoms with E-state index in [-0.39, 0.29) is 6.04 Å². The van der Waals surface area contributed by atoms with Crippen LogP contribution in [0.25, 0.3) is 11.4 Å². The summed E-state index contributed by atoms with van der Waals surface area (Å²) in [7, 11) is 0. The van der Waals surface area contributed by atoms with Gasteiger partial charge in [0, 0.05) is 31.5 Å². The minimum atomic E-state index is 0.254. The average molecular weight is 342 g/mol. The predicted molar refractivity (Wildman–Crippen MR) is 93.1 cm³/mol. The Hall–Kier alpha value is -2.67. The van der Waals surface area contributed by atoms with Gasteiger partial charge in [-0.3, -0.25) is 0 Å². The molecule has 0 radical (unpaired) electrons. The van der Waals surface area contributed by atoms with Crippen molar-refractivity contribution in [2.24, 2.45) is 0 Å². The van der Waals surface area contributed by atoms with Gasteiger partial charge in [-0.05, 0) is 24.6 Å².